The summed E-state index contributed by atoms with van der Waals surface area (Å²) in [4.78, 5) is 0.328. The van der Waals surface area contributed by atoms with Gasteiger partial charge in [0.1, 0.15) is 0 Å². The normalized spacial score (nSPS) is 13.7. The molecule has 0 aliphatic rings. The zero-order valence-corrected chi connectivity index (χ0v) is 11.8. The van der Waals surface area contributed by atoms with E-state index in [2.05, 4.69) is 19.2 Å². The highest BCUT2D eigenvalue weighted by Gasteiger charge is 2.09. The Labute approximate surface area is 108 Å². The zero-order chi connectivity index (χ0) is 13.1. The van der Waals surface area contributed by atoms with E-state index in [9.17, 15) is 8.42 Å². The van der Waals surface area contributed by atoms with Crippen molar-refractivity contribution >= 4 is 27.1 Å². The average molecular weight is 276 g/mol. The summed E-state index contributed by atoms with van der Waals surface area (Å²) in [6, 6.07) is 6.69. The Morgan fingerprint density at radius 3 is 2.18 bits per heavy atom. The lowest BCUT2D eigenvalue weighted by Crippen LogP contribution is -2.19. The van der Waals surface area contributed by atoms with Crippen molar-refractivity contribution in [2.75, 3.05) is 18.1 Å². The number of benzene rings is 1. The van der Waals surface area contributed by atoms with Gasteiger partial charge in [0.2, 0.25) is 0 Å². The van der Waals surface area contributed by atoms with Crippen molar-refractivity contribution in [1.82, 2.24) is 0 Å². The minimum Gasteiger partial charge on any atom is -0.384 e. The summed E-state index contributed by atoms with van der Waals surface area (Å²) in [7, 11) is -3.12. The maximum atomic E-state index is 11.3. The first-order valence-corrected chi connectivity index (χ1v) is 7.81. The van der Waals surface area contributed by atoms with E-state index in [1.165, 1.54) is 6.26 Å². The van der Waals surface area contributed by atoms with Gasteiger partial charge in [0.25, 0.3) is 0 Å². The van der Waals surface area contributed by atoms with E-state index < -0.39 is 9.84 Å². The topological polar surface area (TPSA) is 46.2 Å². The first kappa shape index (κ1) is 14.3. The molecule has 1 aromatic carbocycles. The summed E-state index contributed by atoms with van der Waals surface area (Å²) in [5.41, 5.74) is 0.878. The molecule has 1 unspecified atom stereocenters. The Morgan fingerprint density at radius 2 is 1.76 bits per heavy atom. The molecule has 0 aromatic heterocycles. The Kier molecular flexibility index (Phi) is 4.83. The van der Waals surface area contributed by atoms with Crippen molar-refractivity contribution in [2.24, 2.45) is 5.92 Å². The van der Waals surface area contributed by atoms with Crippen LogP contribution in [-0.4, -0.2) is 26.6 Å². The van der Waals surface area contributed by atoms with E-state index in [0.717, 1.165) is 5.69 Å². The van der Waals surface area contributed by atoms with Crippen LogP contribution in [0.5, 0.6) is 0 Å². The molecule has 0 aliphatic carbocycles. The highest BCUT2D eigenvalue weighted by atomic mass is 35.5. The van der Waals surface area contributed by atoms with Gasteiger partial charge in [-0.05, 0) is 30.2 Å². The van der Waals surface area contributed by atoms with Gasteiger partial charge in [-0.15, -0.1) is 11.6 Å². The van der Waals surface area contributed by atoms with E-state index >= 15 is 0 Å². The Morgan fingerprint density at radius 1 is 1.24 bits per heavy atom. The Balaban J connectivity index is 2.64. The van der Waals surface area contributed by atoms with Crippen LogP contribution in [0.4, 0.5) is 5.69 Å². The molecule has 0 aliphatic heterocycles. The molecule has 0 saturated carbocycles. The van der Waals surface area contributed by atoms with Crippen molar-refractivity contribution < 1.29 is 8.42 Å². The molecule has 0 fully saturated rings. The lowest BCUT2D eigenvalue weighted by atomic mass is 10.1. The van der Waals surface area contributed by atoms with E-state index in [4.69, 9.17) is 11.6 Å². The molecule has 0 saturated heterocycles. The third kappa shape index (κ3) is 4.56. The standard InChI is InChI=1S/C12H18ClNO2S/c1-9(2)12(13)8-14-10-4-6-11(7-5-10)17(3,15)16/h4-7,9,12,14H,8H2,1-3H3. The van der Waals surface area contributed by atoms with Crippen LogP contribution < -0.4 is 5.32 Å². The molecule has 3 nitrogen and oxygen atoms in total. The molecule has 5 heteroatoms. The van der Waals surface area contributed by atoms with Crippen molar-refractivity contribution in [3.63, 3.8) is 0 Å². The summed E-state index contributed by atoms with van der Waals surface area (Å²) >= 11 is 6.11. The number of anilines is 1. The smallest absolute Gasteiger partial charge is 0.175 e. The largest absolute Gasteiger partial charge is 0.384 e. The number of alkyl halides is 1. The number of nitrogens with one attached hydrogen (secondary N) is 1. The van der Waals surface area contributed by atoms with Crippen LogP contribution in [-0.2, 0) is 9.84 Å². The molecular formula is C12H18ClNO2S. The SMILES string of the molecule is CC(C)C(Cl)CNc1ccc(S(C)(=O)=O)cc1. The van der Waals surface area contributed by atoms with Gasteiger partial charge >= 0.3 is 0 Å². The van der Waals surface area contributed by atoms with Crippen molar-refractivity contribution in [3.05, 3.63) is 24.3 Å². The van der Waals surface area contributed by atoms with Gasteiger partial charge < -0.3 is 5.32 Å². The highest BCUT2D eigenvalue weighted by molar-refractivity contribution is 7.90. The number of sulfone groups is 1. The van der Waals surface area contributed by atoms with Crippen LogP contribution in [0, 0.1) is 5.92 Å². The molecule has 0 spiro atoms. The minimum atomic E-state index is -3.12. The maximum absolute atomic E-state index is 11.3. The van der Waals surface area contributed by atoms with E-state index in [1.807, 2.05) is 0 Å². The molecular weight excluding hydrogens is 258 g/mol. The molecule has 1 N–H and O–H groups in total. The van der Waals surface area contributed by atoms with E-state index in [0.29, 0.717) is 17.4 Å². The predicted molar refractivity (Wildman–Crippen MR) is 72.5 cm³/mol. The fraction of sp³-hybridized carbons (Fsp3) is 0.500. The van der Waals surface area contributed by atoms with Gasteiger partial charge in [-0.2, -0.15) is 0 Å². The van der Waals surface area contributed by atoms with Crippen LogP contribution in [0.3, 0.4) is 0 Å². The highest BCUT2D eigenvalue weighted by Crippen LogP contribution is 2.15. The van der Waals surface area contributed by atoms with E-state index in [-0.39, 0.29) is 5.38 Å². The number of hydrogen-bond donors (Lipinski definition) is 1. The lowest BCUT2D eigenvalue weighted by molar-refractivity contribution is 0.602. The van der Waals surface area contributed by atoms with Crippen LogP contribution in [0.1, 0.15) is 13.8 Å². The van der Waals surface area contributed by atoms with Gasteiger partial charge in [-0.3, -0.25) is 0 Å². The first-order valence-electron chi connectivity index (χ1n) is 5.49. The molecule has 0 bridgehead atoms. The summed E-state index contributed by atoms with van der Waals surface area (Å²) < 4.78 is 22.5. The number of halogens is 1. The van der Waals surface area contributed by atoms with Gasteiger partial charge in [0, 0.05) is 18.5 Å². The number of rotatable bonds is 5. The summed E-state index contributed by atoms with van der Waals surface area (Å²) in [5, 5.41) is 3.24. The average Bonchev–Trinajstić information content (AvgIpc) is 2.25. The molecule has 1 aromatic rings. The maximum Gasteiger partial charge on any atom is 0.175 e. The third-order valence-corrected chi connectivity index (χ3v) is 4.29. The van der Waals surface area contributed by atoms with E-state index in [1.54, 1.807) is 24.3 Å². The van der Waals surface area contributed by atoms with Crippen molar-refractivity contribution in [1.29, 1.82) is 0 Å². The Bertz CT molecular complexity index is 454. The van der Waals surface area contributed by atoms with Crippen LogP contribution in [0.15, 0.2) is 29.2 Å². The monoisotopic (exact) mass is 275 g/mol. The fourth-order valence-electron chi connectivity index (χ4n) is 1.27. The minimum absolute atomic E-state index is 0.0598. The summed E-state index contributed by atoms with van der Waals surface area (Å²) in [5.74, 6) is 0.402. The second kappa shape index (κ2) is 5.74. The predicted octanol–water partition coefficient (Wildman–Crippen LogP) is 2.77. The quantitative estimate of drug-likeness (QED) is 0.841. The molecule has 0 amide bonds. The van der Waals surface area contributed by atoms with Gasteiger partial charge in [0.05, 0.1) is 10.3 Å². The molecule has 1 rings (SSSR count). The lowest BCUT2D eigenvalue weighted by Gasteiger charge is -2.15. The molecule has 96 valence electrons. The van der Waals surface area contributed by atoms with Gasteiger partial charge in [0.15, 0.2) is 9.84 Å². The fourth-order valence-corrected chi connectivity index (χ4v) is 1.98. The Hall–Kier alpha value is -0.740. The van der Waals surface area contributed by atoms with Crippen molar-refractivity contribution in [2.45, 2.75) is 24.1 Å². The van der Waals surface area contributed by atoms with Gasteiger partial charge in [-0.25, -0.2) is 8.42 Å². The second-order valence-electron chi connectivity index (χ2n) is 4.44. The van der Waals surface area contributed by atoms with Crippen LogP contribution in [0.2, 0.25) is 0 Å². The molecule has 1 atom stereocenters. The summed E-state index contributed by atoms with van der Waals surface area (Å²) in [6.45, 7) is 4.79. The second-order valence-corrected chi connectivity index (χ2v) is 7.01. The third-order valence-electron chi connectivity index (χ3n) is 2.51. The van der Waals surface area contributed by atoms with Crippen molar-refractivity contribution in [3.8, 4) is 0 Å². The molecule has 0 heterocycles. The first-order chi connectivity index (χ1) is 7.80. The van der Waals surface area contributed by atoms with Gasteiger partial charge in [-0.1, -0.05) is 13.8 Å². The molecule has 0 radical (unpaired) electrons. The van der Waals surface area contributed by atoms with Crippen LogP contribution >= 0.6 is 11.6 Å². The summed E-state index contributed by atoms with van der Waals surface area (Å²) in [6.07, 6.45) is 1.20. The zero-order valence-electron chi connectivity index (χ0n) is 10.3. The number of hydrogen-bond acceptors (Lipinski definition) is 3. The molecule has 17 heavy (non-hydrogen) atoms. The van der Waals surface area contributed by atoms with Crippen LogP contribution in [0.25, 0.3) is 0 Å².